The molecule has 0 atom stereocenters. The molecule has 0 aromatic rings. The summed E-state index contributed by atoms with van der Waals surface area (Å²) in [6, 6.07) is 0.426. The molecule has 0 heterocycles. The molecule has 0 aromatic heterocycles. The average Bonchev–Trinajstić information content (AvgIpc) is 2.84. The minimum Gasteiger partial charge on any atom is -0.378 e. The lowest BCUT2D eigenvalue weighted by atomic mass is 9.77. The third-order valence-electron chi connectivity index (χ3n) is 4.63. The van der Waals surface area contributed by atoms with Gasteiger partial charge in [-0.05, 0) is 32.1 Å². The highest BCUT2D eigenvalue weighted by atomic mass is 16.5. The largest absolute Gasteiger partial charge is 0.378 e. The number of rotatable bonds is 6. The number of hydrogen-bond acceptors (Lipinski definition) is 3. The predicted molar refractivity (Wildman–Crippen MR) is 71.2 cm³/mol. The number of amides is 1. The second-order valence-corrected chi connectivity index (χ2v) is 5.73. The lowest BCUT2D eigenvalue weighted by Gasteiger charge is -2.42. The number of hydrogen-bond donors (Lipinski definition) is 1. The van der Waals surface area contributed by atoms with E-state index in [0.717, 1.165) is 25.7 Å². The molecule has 0 aliphatic heterocycles. The van der Waals surface area contributed by atoms with Crippen molar-refractivity contribution in [3.8, 4) is 0 Å². The highest BCUT2D eigenvalue weighted by molar-refractivity contribution is 5.78. The zero-order valence-corrected chi connectivity index (χ0v) is 11.5. The van der Waals surface area contributed by atoms with Crippen molar-refractivity contribution in [2.24, 2.45) is 5.73 Å². The van der Waals surface area contributed by atoms with Crippen molar-refractivity contribution in [1.29, 1.82) is 0 Å². The fourth-order valence-corrected chi connectivity index (χ4v) is 3.27. The van der Waals surface area contributed by atoms with Crippen molar-refractivity contribution in [1.82, 2.24) is 4.90 Å². The van der Waals surface area contributed by atoms with Gasteiger partial charge >= 0.3 is 0 Å². The van der Waals surface area contributed by atoms with Crippen molar-refractivity contribution in [2.75, 3.05) is 20.2 Å². The van der Waals surface area contributed by atoms with E-state index < -0.39 is 0 Å². The summed E-state index contributed by atoms with van der Waals surface area (Å²) in [6.45, 7) is 1.26. The lowest BCUT2D eigenvalue weighted by molar-refractivity contribution is -0.146. The van der Waals surface area contributed by atoms with Gasteiger partial charge in [0.1, 0.15) is 0 Å². The first-order valence-electron chi connectivity index (χ1n) is 7.25. The van der Waals surface area contributed by atoms with Crippen LogP contribution in [0.5, 0.6) is 0 Å². The van der Waals surface area contributed by atoms with Crippen LogP contribution in [0.25, 0.3) is 0 Å². The van der Waals surface area contributed by atoms with E-state index in [0.29, 0.717) is 25.6 Å². The first-order chi connectivity index (χ1) is 8.71. The Labute approximate surface area is 110 Å². The molecule has 2 aliphatic carbocycles. The number of methoxy groups -OCH3 is 1. The quantitative estimate of drug-likeness (QED) is 0.784. The van der Waals surface area contributed by atoms with E-state index in [1.54, 1.807) is 7.11 Å². The maximum absolute atomic E-state index is 12.5. The second kappa shape index (κ2) is 6.02. The molecule has 2 fully saturated rings. The van der Waals surface area contributed by atoms with Crippen LogP contribution in [0.3, 0.4) is 0 Å². The summed E-state index contributed by atoms with van der Waals surface area (Å²) in [5.41, 5.74) is 5.49. The molecule has 0 spiro atoms. The maximum Gasteiger partial charge on any atom is 0.225 e. The van der Waals surface area contributed by atoms with Crippen LogP contribution in [0.4, 0.5) is 0 Å². The Bertz CT molecular complexity index is 278. The van der Waals surface area contributed by atoms with E-state index in [2.05, 4.69) is 0 Å². The minimum atomic E-state index is -0.164. The van der Waals surface area contributed by atoms with E-state index in [-0.39, 0.29) is 11.5 Å². The van der Waals surface area contributed by atoms with Gasteiger partial charge in [-0.3, -0.25) is 4.79 Å². The van der Waals surface area contributed by atoms with E-state index in [4.69, 9.17) is 10.5 Å². The van der Waals surface area contributed by atoms with Gasteiger partial charge in [0.2, 0.25) is 5.91 Å². The van der Waals surface area contributed by atoms with E-state index in [1.807, 2.05) is 4.90 Å². The van der Waals surface area contributed by atoms with Gasteiger partial charge in [0, 0.05) is 26.2 Å². The molecular weight excluding hydrogens is 228 g/mol. The summed E-state index contributed by atoms with van der Waals surface area (Å²) in [4.78, 5) is 14.5. The van der Waals surface area contributed by atoms with E-state index in [1.165, 1.54) is 19.3 Å². The van der Waals surface area contributed by atoms with Crippen molar-refractivity contribution < 1.29 is 9.53 Å². The number of carbonyl (C=O) groups excluding carboxylic acids is 1. The van der Waals surface area contributed by atoms with Gasteiger partial charge < -0.3 is 15.4 Å². The van der Waals surface area contributed by atoms with Crippen molar-refractivity contribution in [3.05, 3.63) is 0 Å². The Morgan fingerprint density at radius 1 is 1.33 bits per heavy atom. The Hall–Kier alpha value is -0.610. The standard InChI is InChI=1S/C14H26N2O2/c1-18-14(7-4-8-14)11-13(17)16(10-9-15)12-5-2-3-6-12/h12H,2-11,15H2,1H3. The SMILES string of the molecule is COC1(CC(=O)N(CCN)C2CCCC2)CCC1. The molecule has 104 valence electrons. The van der Waals surface area contributed by atoms with Crippen LogP contribution in [-0.2, 0) is 9.53 Å². The van der Waals surface area contributed by atoms with E-state index >= 15 is 0 Å². The highest BCUT2D eigenvalue weighted by Gasteiger charge is 2.41. The summed E-state index contributed by atoms with van der Waals surface area (Å²) in [6.07, 6.45) is 8.55. The topological polar surface area (TPSA) is 55.6 Å². The third-order valence-corrected chi connectivity index (χ3v) is 4.63. The Morgan fingerprint density at radius 3 is 2.44 bits per heavy atom. The van der Waals surface area contributed by atoms with Gasteiger partial charge in [-0.1, -0.05) is 12.8 Å². The molecule has 1 amide bonds. The second-order valence-electron chi connectivity index (χ2n) is 5.73. The van der Waals surface area contributed by atoms with Crippen molar-refractivity contribution in [3.63, 3.8) is 0 Å². The number of nitrogens with two attached hydrogens (primary N) is 1. The monoisotopic (exact) mass is 254 g/mol. The van der Waals surface area contributed by atoms with E-state index in [9.17, 15) is 4.79 Å². The summed E-state index contributed by atoms with van der Waals surface area (Å²) >= 11 is 0. The lowest BCUT2D eigenvalue weighted by Crippen LogP contribution is -2.48. The number of nitrogens with zero attached hydrogens (tertiary/aromatic N) is 1. The Balaban J connectivity index is 1.94. The first-order valence-corrected chi connectivity index (χ1v) is 7.25. The normalized spacial score (nSPS) is 22.8. The van der Waals surface area contributed by atoms with Gasteiger partial charge in [0.25, 0.3) is 0 Å². The summed E-state index contributed by atoms with van der Waals surface area (Å²) in [5.74, 6) is 0.244. The molecule has 0 aromatic carbocycles. The van der Waals surface area contributed by atoms with Crippen LogP contribution >= 0.6 is 0 Å². The fourth-order valence-electron chi connectivity index (χ4n) is 3.27. The number of ether oxygens (including phenoxy) is 1. The fraction of sp³-hybridized carbons (Fsp3) is 0.929. The number of carbonyl (C=O) groups is 1. The van der Waals surface area contributed by atoms with Crippen LogP contribution in [0, 0.1) is 0 Å². The first kappa shape index (κ1) is 13.8. The van der Waals surface area contributed by atoms with Crippen LogP contribution < -0.4 is 5.73 Å². The maximum atomic E-state index is 12.5. The average molecular weight is 254 g/mol. The molecule has 4 heteroatoms. The molecule has 2 rings (SSSR count). The van der Waals surface area contributed by atoms with Gasteiger partial charge in [-0.2, -0.15) is 0 Å². The molecule has 0 bridgehead atoms. The van der Waals surface area contributed by atoms with Crippen LogP contribution in [0.1, 0.15) is 51.4 Å². The molecule has 18 heavy (non-hydrogen) atoms. The molecule has 0 radical (unpaired) electrons. The van der Waals surface area contributed by atoms with Crippen molar-refractivity contribution >= 4 is 5.91 Å². The molecular formula is C14H26N2O2. The zero-order chi connectivity index (χ0) is 13.0. The molecule has 0 unspecified atom stereocenters. The minimum absolute atomic E-state index is 0.164. The van der Waals surface area contributed by atoms with Crippen LogP contribution in [0.15, 0.2) is 0 Å². The Morgan fingerprint density at radius 2 is 2.00 bits per heavy atom. The van der Waals surface area contributed by atoms with Crippen LogP contribution in [0.2, 0.25) is 0 Å². The van der Waals surface area contributed by atoms with Crippen LogP contribution in [-0.4, -0.2) is 42.6 Å². The summed E-state index contributed by atoms with van der Waals surface area (Å²) < 4.78 is 5.56. The third kappa shape index (κ3) is 2.86. The molecule has 0 saturated heterocycles. The van der Waals surface area contributed by atoms with Gasteiger partial charge in [-0.15, -0.1) is 0 Å². The molecule has 2 aliphatic rings. The van der Waals surface area contributed by atoms with Gasteiger partial charge in [0.15, 0.2) is 0 Å². The highest BCUT2D eigenvalue weighted by Crippen LogP contribution is 2.39. The smallest absolute Gasteiger partial charge is 0.225 e. The molecule has 2 N–H and O–H groups in total. The summed E-state index contributed by atoms with van der Waals surface area (Å²) in [5, 5.41) is 0. The summed E-state index contributed by atoms with van der Waals surface area (Å²) in [7, 11) is 1.73. The molecule has 4 nitrogen and oxygen atoms in total. The predicted octanol–water partition coefficient (Wildman–Crippen LogP) is 1.68. The molecule has 2 saturated carbocycles. The Kier molecular flexibility index (Phi) is 4.62. The zero-order valence-electron chi connectivity index (χ0n) is 11.5. The van der Waals surface area contributed by atoms with Gasteiger partial charge in [0.05, 0.1) is 12.0 Å². The van der Waals surface area contributed by atoms with Crippen molar-refractivity contribution in [2.45, 2.75) is 63.0 Å². The van der Waals surface area contributed by atoms with Gasteiger partial charge in [-0.25, -0.2) is 0 Å².